The van der Waals surface area contributed by atoms with Crippen molar-refractivity contribution < 1.29 is 13.5 Å². The average Bonchev–Trinajstić information content (AvgIpc) is 2.96. The first-order valence-corrected chi connectivity index (χ1v) is 7.00. The van der Waals surface area contributed by atoms with Gasteiger partial charge in [0.15, 0.2) is 11.6 Å². The Morgan fingerprint density at radius 2 is 2.30 bits per heavy atom. The Morgan fingerprint density at radius 1 is 1.48 bits per heavy atom. The Labute approximate surface area is 134 Å². The van der Waals surface area contributed by atoms with Crippen molar-refractivity contribution >= 4 is 5.82 Å². The summed E-state index contributed by atoms with van der Waals surface area (Å²) in [6.45, 7) is 5.84. The van der Waals surface area contributed by atoms with Crippen molar-refractivity contribution in [2.75, 3.05) is 5.73 Å². The van der Waals surface area contributed by atoms with Crippen molar-refractivity contribution in [1.29, 1.82) is 0 Å². The summed E-state index contributed by atoms with van der Waals surface area (Å²) in [5, 5.41) is 0. The van der Waals surface area contributed by atoms with Crippen LogP contribution in [0.15, 0.2) is 59.4 Å². The normalized spacial score (nSPS) is 11.8. The fourth-order valence-corrected chi connectivity index (χ4v) is 1.81. The van der Waals surface area contributed by atoms with Gasteiger partial charge in [0, 0.05) is 12.0 Å². The molecule has 0 saturated heterocycles. The third-order valence-corrected chi connectivity index (χ3v) is 2.91. The number of allylic oxidation sites excluding steroid dienone is 5. The van der Waals surface area contributed by atoms with E-state index in [1.807, 2.05) is 31.2 Å². The van der Waals surface area contributed by atoms with E-state index in [1.165, 1.54) is 0 Å². The molecule has 2 rings (SSSR count). The molecule has 0 saturated carbocycles. The van der Waals surface area contributed by atoms with Gasteiger partial charge in [-0.25, -0.2) is 9.37 Å². The van der Waals surface area contributed by atoms with Crippen molar-refractivity contribution in [2.45, 2.75) is 20.0 Å². The quantitative estimate of drug-likeness (QED) is 0.790. The van der Waals surface area contributed by atoms with Gasteiger partial charge in [-0.05, 0) is 13.0 Å². The van der Waals surface area contributed by atoms with E-state index in [9.17, 15) is 4.39 Å². The van der Waals surface area contributed by atoms with Crippen molar-refractivity contribution in [1.82, 2.24) is 9.97 Å². The summed E-state index contributed by atoms with van der Waals surface area (Å²) in [7, 11) is 0. The van der Waals surface area contributed by atoms with Gasteiger partial charge in [0.1, 0.15) is 12.4 Å². The van der Waals surface area contributed by atoms with E-state index in [1.54, 1.807) is 12.3 Å². The van der Waals surface area contributed by atoms with Gasteiger partial charge in [-0.15, -0.1) is 0 Å². The largest absolute Gasteiger partial charge is 0.469 e. The monoisotopic (exact) mass is 315 g/mol. The summed E-state index contributed by atoms with van der Waals surface area (Å²) < 4.78 is 23.8. The predicted octanol–water partition coefficient (Wildman–Crippen LogP) is 3.60. The van der Waals surface area contributed by atoms with E-state index in [0.29, 0.717) is 6.42 Å². The first kappa shape index (κ1) is 16.5. The number of halogens is 1. The van der Waals surface area contributed by atoms with Gasteiger partial charge >= 0.3 is 6.01 Å². The molecule has 23 heavy (non-hydrogen) atoms. The second-order valence-corrected chi connectivity index (χ2v) is 4.91. The number of hydrogen-bond acceptors (Lipinski definition) is 5. The van der Waals surface area contributed by atoms with Gasteiger partial charge in [0.25, 0.3) is 0 Å². The fraction of sp³-hybridized carbons (Fsp3) is 0.176. The molecule has 0 aliphatic heterocycles. The molecule has 0 aromatic carbocycles. The van der Waals surface area contributed by atoms with Crippen LogP contribution in [0.1, 0.15) is 18.2 Å². The lowest BCUT2D eigenvalue weighted by atomic mass is 10.1. The number of nitrogen functional groups attached to an aromatic ring is 1. The maximum absolute atomic E-state index is 13.0. The van der Waals surface area contributed by atoms with Crippen LogP contribution in [-0.2, 0) is 13.0 Å². The van der Waals surface area contributed by atoms with Crippen LogP contribution in [0.4, 0.5) is 10.2 Å². The molecular formula is C17H18FN3O2. The number of furan rings is 1. The van der Waals surface area contributed by atoms with Gasteiger partial charge in [-0.2, -0.15) is 4.98 Å². The third kappa shape index (κ3) is 5.10. The number of rotatable bonds is 7. The number of anilines is 1. The van der Waals surface area contributed by atoms with Gasteiger partial charge in [-0.1, -0.05) is 36.5 Å². The zero-order valence-electron chi connectivity index (χ0n) is 12.8. The molecule has 0 amide bonds. The summed E-state index contributed by atoms with van der Waals surface area (Å²) in [4.78, 5) is 7.41. The van der Waals surface area contributed by atoms with Crippen LogP contribution in [0.5, 0.6) is 6.01 Å². The molecule has 2 aromatic rings. The molecule has 0 unspecified atom stereocenters. The van der Waals surface area contributed by atoms with Crippen molar-refractivity contribution in [3.63, 3.8) is 0 Å². The Balaban J connectivity index is 1.91. The molecule has 0 radical (unpaired) electrons. The van der Waals surface area contributed by atoms with E-state index in [-0.39, 0.29) is 18.4 Å². The molecule has 0 aliphatic carbocycles. The Hall–Kier alpha value is -2.89. The van der Waals surface area contributed by atoms with Crippen LogP contribution in [0.2, 0.25) is 0 Å². The highest BCUT2D eigenvalue weighted by molar-refractivity contribution is 5.29. The van der Waals surface area contributed by atoms with Gasteiger partial charge in [-0.3, -0.25) is 0 Å². The minimum absolute atomic E-state index is 0.0253. The van der Waals surface area contributed by atoms with Gasteiger partial charge in [0.05, 0.1) is 12.5 Å². The first-order valence-electron chi connectivity index (χ1n) is 7.00. The number of nitrogens with two attached hydrogens (primary N) is 1. The van der Waals surface area contributed by atoms with Crippen molar-refractivity contribution in [3.05, 3.63) is 72.1 Å². The molecule has 2 aromatic heterocycles. The van der Waals surface area contributed by atoms with Crippen molar-refractivity contribution in [3.8, 4) is 6.01 Å². The van der Waals surface area contributed by atoms with Crippen LogP contribution >= 0.6 is 0 Å². The molecular weight excluding hydrogens is 297 g/mol. The summed E-state index contributed by atoms with van der Waals surface area (Å²) in [6.07, 6.45) is 10.8. The molecule has 2 heterocycles. The Bertz CT molecular complexity index is 735. The fourth-order valence-electron chi connectivity index (χ4n) is 1.81. The van der Waals surface area contributed by atoms with Gasteiger partial charge in [0.2, 0.25) is 0 Å². The highest BCUT2D eigenvalue weighted by Crippen LogP contribution is 2.15. The maximum Gasteiger partial charge on any atom is 0.318 e. The Kier molecular flexibility index (Phi) is 5.68. The predicted molar refractivity (Wildman–Crippen MR) is 86.2 cm³/mol. The molecule has 0 bridgehead atoms. The van der Waals surface area contributed by atoms with Crippen LogP contribution < -0.4 is 10.5 Å². The van der Waals surface area contributed by atoms with Crippen LogP contribution in [-0.4, -0.2) is 9.97 Å². The minimum Gasteiger partial charge on any atom is -0.469 e. The van der Waals surface area contributed by atoms with E-state index in [2.05, 4.69) is 16.5 Å². The molecule has 5 nitrogen and oxygen atoms in total. The number of nitrogens with zero attached hydrogens (tertiary/aromatic N) is 2. The number of aromatic nitrogens is 2. The Morgan fingerprint density at radius 3 is 3.04 bits per heavy atom. The molecule has 2 N–H and O–H groups in total. The zero-order valence-corrected chi connectivity index (χ0v) is 12.8. The third-order valence-electron chi connectivity index (χ3n) is 2.91. The smallest absolute Gasteiger partial charge is 0.318 e. The first-order chi connectivity index (χ1) is 11.1. The molecule has 0 spiro atoms. The highest BCUT2D eigenvalue weighted by Gasteiger charge is 2.07. The maximum atomic E-state index is 13.0. The lowest BCUT2D eigenvalue weighted by Crippen LogP contribution is -2.02. The molecule has 120 valence electrons. The summed E-state index contributed by atoms with van der Waals surface area (Å²) in [5.41, 5.74) is 7.34. The second-order valence-electron chi connectivity index (χ2n) is 4.91. The minimum atomic E-state index is -0.671. The lowest BCUT2D eigenvalue weighted by molar-refractivity contribution is 0.279. The highest BCUT2D eigenvalue weighted by atomic mass is 19.1. The second kappa shape index (κ2) is 7.93. The number of hydrogen-bond donors (Lipinski definition) is 1. The van der Waals surface area contributed by atoms with Gasteiger partial charge < -0.3 is 14.9 Å². The van der Waals surface area contributed by atoms with Crippen LogP contribution in [0.3, 0.4) is 0 Å². The average molecular weight is 315 g/mol. The van der Waals surface area contributed by atoms with Crippen LogP contribution in [0, 0.1) is 5.82 Å². The molecule has 0 atom stereocenters. The van der Waals surface area contributed by atoms with Crippen LogP contribution in [0.25, 0.3) is 0 Å². The SMILES string of the molecule is C=C/C=C\C=C(/C)Cc1cc(COc2ncc(F)c(N)n2)co1. The molecule has 0 aliphatic rings. The standard InChI is InChI=1S/C17H18FN3O2/c1-3-4-5-6-12(2)7-14-8-13(10-22-14)11-23-17-20-9-15(18)16(19)21-17/h3-6,8-10H,1,7,11H2,2H3,(H2,19,20,21)/b5-4-,12-6+. The lowest BCUT2D eigenvalue weighted by Gasteiger charge is -2.02. The summed E-state index contributed by atoms with van der Waals surface area (Å²) >= 11 is 0. The molecule has 0 fully saturated rings. The van der Waals surface area contributed by atoms with Crippen molar-refractivity contribution in [2.24, 2.45) is 0 Å². The summed E-state index contributed by atoms with van der Waals surface area (Å²) in [5.74, 6) is -0.0872. The van der Waals surface area contributed by atoms with E-state index >= 15 is 0 Å². The summed E-state index contributed by atoms with van der Waals surface area (Å²) in [6, 6.07) is 1.92. The van der Waals surface area contributed by atoms with E-state index in [0.717, 1.165) is 23.1 Å². The topological polar surface area (TPSA) is 74.2 Å². The molecule has 6 heteroatoms. The zero-order chi connectivity index (χ0) is 16.7. The number of ether oxygens (including phenoxy) is 1. The van der Waals surface area contributed by atoms with E-state index in [4.69, 9.17) is 14.9 Å². The van der Waals surface area contributed by atoms with E-state index < -0.39 is 5.82 Å².